The molecule has 0 spiro atoms. The third-order valence-corrected chi connectivity index (χ3v) is 17.0. The second-order valence-electron chi connectivity index (χ2n) is 16.2. The van der Waals surface area contributed by atoms with Crippen LogP contribution in [0.25, 0.3) is 32.7 Å². The van der Waals surface area contributed by atoms with Crippen LogP contribution >= 0.6 is 15.8 Å². The van der Waals surface area contributed by atoms with Crippen LogP contribution in [0.15, 0.2) is 243 Å². The van der Waals surface area contributed by atoms with Crippen molar-refractivity contribution >= 4 is 81.8 Å². The third-order valence-electron chi connectivity index (χ3n) is 12.0. The third kappa shape index (κ3) is 9.08. The molecule has 0 aliphatic rings. The van der Waals surface area contributed by atoms with E-state index in [0.29, 0.717) is 23.5 Å². The maximum absolute atomic E-state index is 15.2. The molecular formula is C60H46N2O2P2. The fourth-order valence-corrected chi connectivity index (χ4v) is 13.7. The molecular weight excluding hydrogens is 843 g/mol. The van der Waals surface area contributed by atoms with E-state index < -0.39 is 15.8 Å². The van der Waals surface area contributed by atoms with Crippen molar-refractivity contribution < 1.29 is 9.59 Å². The van der Waals surface area contributed by atoms with Crippen LogP contribution in [0, 0.1) is 0 Å². The lowest BCUT2D eigenvalue weighted by Gasteiger charge is -2.28. The second kappa shape index (κ2) is 19.7. The van der Waals surface area contributed by atoms with Crippen molar-refractivity contribution in [2.24, 2.45) is 0 Å². The van der Waals surface area contributed by atoms with Crippen LogP contribution in [-0.2, 0) is 12.3 Å². The van der Waals surface area contributed by atoms with Gasteiger partial charge in [0.25, 0.3) is 11.8 Å². The zero-order valence-electron chi connectivity index (χ0n) is 36.2. The molecule has 0 fully saturated rings. The van der Waals surface area contributed by atoms with Crippen molar-refractivity contribution in [1.82, 2.24) is 0 Å². The largest absolute Gasteiger partial charge is 0.322 e. The lowest BCUT2D eigenvalue weighted by atomic mass is 9.83. The molecule has 2 amide bonds. The number of carbonyl (C=O) groups excluding carboxylic acids is 2. The molecule has 0 aromatic heterocycles. The van der Waals surface area contributed by atoms with Gasteiger partial charge in [-0.05, 0) is 117 Å². The minimum absolute atomic E-state index is 0.182. The average Bonchev–Trinajstić information content (AvgIpc) is 3.38. The highest BCUT2D eigenvalue weighted by molar-refractivity contribution is 7.72. The Morgan fingerprint density at radius 1 is 0.333 bits per heavy atom. The monoisotopic (exact) mass is 888 g/mol. The van der Waals surface area contributed by atoms with Crippen molar-refractivity contribution in [1.29, 1.82) is 0 Å². The maximum atomic E-state index is 15.2. The van der Waals surface area contributed by atoms with E-state index in [1.165, 1.54) is 21.2 Å². The molecule has 0 unspecified atom stereocenters. The van der Waals surface area contributed by atoms with Gasteiger partial charge in [-0.2, -0.15) is 0 Å². The van der Waals surface area contributed by atoms with Gasteiger partial charge in [-0.1, -0.05) is 206 Å². The summed E-state index contributed by atoms with van der Waals surface area (Å²) in [4.78, 5) is 30.5. The molecule has 4 nitrogen and oxygen atoms in total. The summed E-state index contributed by atoms with van der Waals surface area (Å²) in [6, 6.07) is 83.1. The molecule has 0 saturated heterocycles. The number of hydrogen-bond acceptors (Lipinski definition) is 2. The van der Waals surface area contributed by atoms with Crippen molar-refractivity contribution in [3.8, 4) is 11.1 Å². The van der Waals surface area contributed by atoms with Gasteiger partial charge in [0.1, 0.15) is 0 Å². The van der Waals surface area contributed by atoms with Crippen LogP contribution in [0.5, 0.6) is 0 Å². The van der Waals surface area contributed by atoms with Gasteiger partial charge < -0.3 is 10.6 Å². The summed E-state index contributed by atoms with van der Waals surface area (Å²) in [7, 11) is -2.08. The quantitative estimate of drug-likeness (QED) is 0.113. The van der Waals surface area contributed by atoms with Crippen LogP contribution < -0.4 is 31.9 Å². The summed E-state index contributed by atoms with van der Waals surface area (Å²) < 4.78 is 0. The molecule has 0 saturated carbocycles. The fraction of sp³-hybridized carbons (Fsp3) is 0.0333. The molecule has 66 heavy (non-hydrogen) atoms. The highest BCUT2D eigenvalue weighted by Crippen LogP contribution is 2.50. The predicted molar refractivity (Wildman–Crippen MR) is 281 cm³/mol. The second-order valence-corrected chi connectivity index (χ2v) is 20.6. The molecule has 0 radical (unpaired) electrons. The predicted octanol–water partition coefficient (Wildman–Crippen LogP) is 13.4. The van der Waals surface area contributed by atoms with Gasteiger partial charge >= 0.3 is 0 Å². The first-order valence-electron chi connectivity index (χ1n) is 22.2. The Morgan fingerprint density at radius 2 is 0.606 bits per heavy atom. The highest BCUT2D eigenvalue weighted by Gasteiger charge is 2.30. The SMILES string of the molecule is O=C(Nc1ccccc1)c1cc2ccccc2c(-c2c(CP(c3ccccc3)c3ccccc3)c(C(=O)Nc3ccccc3)cc3ccccc23)c1CP(c1ccccc1)c1ccccc1. The minimum Gasteiger partial charge on any atom is -0.322 e. The lowest BCUT2D eigenvalue weighted by molar-refractivity contribution is 0.101. The molecule has 0 bridgehead atoms. The Bertz CT molecular complexity index is 2980. The van der Waals surface area contributed by atoms with E-state index in [2.05, 4.69) is 180 Å². The number of amides is 2. The van der Waals surface area contributed by atoms with Crippen molar-refractivity contribution in [3.05, 3.63) is 265 Å². The number of para-hydroxylation sites is 2. The minimum atomic E-state index is -1.04. The van der Waals surface area contributed by atoms with Gasteiger partial charge in [-0.3, -0.25) is 9.59 Å². The molecule has 0 heterocycles. The first kappa shape index (κ1) is 42.5. The van der Waals surface area contributed by atoms with Crippen molar-refractivity contribution in [2.45, 2.75) is 12.3 Å². The zero-order chi connectivity index (χ0) is 44.7. The number of benzene rings is 10. The smallest absolute Gasteiger partial charge is 0.255 e. The average molecular weight is 889 g/mol. The summed E-state index contributed by atoms with van der Waals surface area (Å²) >= 11 is 0. The summed E-state index contributed by atoms with van der Waals surface area (Å²) in [5.41, 5.74) is 6.49. The Hall–Kier alpha value is -7.48. The van der Waals surface area contributed by atoms with Gasteiger partial charge in [0, 0.05) is 34.8 Å². The summed E-state index contributed by atoms with van der Waals surface area (Å²) in [6.07, 6.45) is 1.14. The van der Waals surface area contributed by atoms with Gasteiger partial charge in [-0.15, -0.1) is 0 Å². The van der Waals surface area contributed by atoms with Crippen molar-refractivity contribution in [2.75, 3.05) is 10.6 Å². The van der Waals surface area contributed by atoms with Crippen LogP contribution in [-0.4, -0.2) is 11.8 Å². The number of nitrogens with one attached hydrogen (secondary N) is 2. The number of rotatable bonds is 13. The molecule has 0 aliphatic carbocycles. The van der Waals surface area contributed by atoms with Crippen LogP contribution in [0.2, 0.25) is 0 Å². The normalized spacial score (nSPS) is 11.2. The first-order chi connectivity index (χ1) is 32.6. The Balaban J connectivity index is 1.32. The maximum Gasteiger partial charge on any atom is 0.255 e. The van der Waals surface area contributed by atoms with E-state index in [0.717, 1.165) is 55.2 Å². The highest BCUT2D eigenvalue weighted by atomic mass is 31.1. The molecule has 10 rings (SSSR count). The van der Waals surface area contributed by atoms with Gasteiger partial charge in [0.2, 0.25) is 0 Å². The fourth-order valence-electron chi connectivity index (χ4n) is 8.94. The van der Waals surface area contributed by atoms with E-state index in [-0.39, 0.29) is 11.8 Å². The Kier molecular flexibility index (Phi) is 12.7. The van der Waals surface area contributed by atoms with E-state index in [1.807, 2.05) is 72.8 Å². The van der Waals surface area contributed by atoms with Crippen molar-refractivity contribution in [3.63, 3.8) is 0 Å². The number of anilines is 2. The molecule has 0 aliphatic heterocycles. The standard InChI is InChI=1S/C60H46N2O2P2/c63-59(61-45-25-7-1-8-26-45)53-39-43-23-19-21-37-51(43)57(55(53)41-65(47-29-11-3-12-30-47)48-31-13-4-14-32-48)58-52-38-22-20-24-44(52)40-54(60(64)62-46-27-9-2-10-28-46)56(58)42-66(49-33-15-5-16-34-49)50-35-17-6-18-36-50/h1-40H,41-42H2,(H,61,63)(H,62,64). The lowest BCUT2D eigenvalue weighted by Crippen LogP contribution is -2.20. The number of carbonyl (C=O) groups is 2. The molecule has 6 heteroatoms. The Morgan fingerprint density at radius 3 is 0.924 bits per heavy atom. The van der Waals surface area contributed by atoms with E-state index >= 15 is 9.59 Å². The summed E-state index contributed by atoms with van der Waals surface area (Å²) in [6.45, 7) is 0. The van der Waals surface area contributed by atoms with Crippen LogP contribution in [0.4, 0.5) is 11.4 Å². The Labute approximate surface area is 388 Å². The van der Waals surface area contributed by atoms with E-state index in [4.69, 9.17) is 0 Å². The van der Waals surface area contributed by atoms with E-state index in [9.17, 15) is 0 Å². The first-order valence-corrected chi connectivity index (χ1v) is 25.2. The van der Waals surface area contributed by atoms with E-state index in [1.54, 1.807) is 0 Å². The molecule has 2 N–H and O–H groups in total. The summed E-state index contributed by atoms with van der Waals surface area (Å²) in [5.74, 6) is -0.363. The van der Waals surface area contributed by atoms with Gasteiger partial charge in [0.05, 0.1) is 0 Å². The molecule has 10 aromatic carbocycles. The molecule has 318 valence electrons. The zero-order valence-corrected chi connectivity index (χ0v) is 38.0. The summed E-state index contributed by atoms with van der Waals surface area (Å²) in [5, 5.41) is 15.4. The number of fused-ring (bicyclic) bond motifs is 2. The van der Waals surface area contributed by atoms with Crippen LogP contribution in [0.3, 0.4) is 0 Å². The molecule has 10 aromatic rings. The number of hydrogen-bond donors (Lipinski definition) is 2. The topological polar surface area (TPSA) is 58.2 Å². The van der Waals surface area contributed by atoms with Gasteiger partial charge in [-0.25, -0.2) is 0 Å². The van der Waals surface area contributed by atoms with Gasteiger partial charge in [0.15, 0.2) is 0 Å². The van der Waals surface area contributed by atoms with Crippen LogP contribution in [0.1, 0.15) is 31.8 Å². The molecule has 0 atom stereocenters.